The van der Waals surface area contributed by atoms with Crippen molar-refractivity contribution in [3.8, 4) is 62.1 Å². The van der Waals surface area contributed by atoms with E-state index in [4.69, 9.17) is 19.4 Å². The van der Waals surface area contributed by atoms with Crippen LogP contribution in [0.15, 0.2) is 199 Å². The Balaban J connectivity index is 1.07. The van der Waals surface area contributed by atoms with Gasteiger partial charge in [0.1, 0.15) is 11.2 Å². The van der Waals surface area contributed by atoms with E-state index in [1.54, 1.807) is 0 Å². The van der Waals surface area contributed by atoms with E-state index in [2.05, 4.69) is 138 Å². The quantitative estimate of drug-likeness (QED) is 0.172. The smallest absolute Gasteiger partial charge is 0.164 e. The first-order valence-corrected chi connectivity index (χ1v) is 18.8. The summed E-state index contributed by atoms with van der Waals surface area (Å²) in [6.07, 6.45) is 0. The maximum Gasteiger partial charge on any atom is 0.164 e. The van der Waals surface area contributed by atoms with Gasteiger partial charge in [-0.1, -0.05) is 152 Å². The zero-order valence-corrected chi connectivity index (χ0v) is 30.2. The van der Waals surface area contributed by atoms with E-state index in [9.17, 15) is 0 Å². The lowest BCUT2D eigenvalue weighted by atomic mass is 10.00. The first-order valence-electron chi connectivity index (χ1n) is 18.8. The fourth-order valence-corrected chi connectivity index (χ4v) is 7.97. The molecule has 0 radical (unpaired) electrons. The predicted molar refractivity (Wildman–Crippen MR) is 229 cm³/mol. The summed E-state index contributed by atoms with van der Waals surface area (Å²) in [5.41, 5.74) is 12.4. The van der Waals surface area contributed by atoms with E-state index in [0.29, 0.717) is 17.5 Å². The topological polar surface area (TPSA) is 56.7 Å². The highest BCUT2D eigenvalue weighted by atomic mass is 16.3. The van der Waals surface area contributed by atoms with E-state index >= 15 is 0 Å². The second-order valence-electron chi connectivity index (χ2n) is 14.0. The molecule has 0 spiro atoms. The van der Waals surface area contributed by atoms with Gasteiger partial charge in [0.2, 0.25) is 0 Å². The molecule has 11 aromatic rings. The summed E-state index contributed by atoms with van der Waals surface area (Å²) in [5, 5.41) is 4.48. The Morgan fingerprint density at radius 2 is 0.857 bits per heavy atom. The van der Waals surface area contributed by atoms with Gasteiger partial charge in [0.05, 0.1) is 16.4 Å². The Morgan fingerprint density at radius 1 is 0.339 bits per heavy atom. The van der Waals surface area contributed by atoms with Crippen molar-refractivity contribution in [2.75, 3.05) is 0 Å². The van der Waals surface area contributed by atoms with E-state index < -0.39 is 0 Å². The van der Waals surface area contributed by atoms with Gasteiger partial charge in [-0.3, -0.25) is 0 Å². The molecule has 0 N–H and O–H groups in total. The molecule has 0 atom stereocenters. The Kier molecular flexibility index (Phi) is 7.42. The number of furan rings is 1. The van der Waals surface area contributed by atoms with E-state index in [0.717, 1.165) is 60.9 Å². The van der Waals surface area contributed by atoms with Crippen molar-refractivity contribution in [1.29, 1.82) is 0 Å². The average molecular weight is 717 g/mol. The molecule has 11 rings (SSSR count). The molecule has 3 aromatic heterocycles. The van der Waals surface area contributed by atoms with Crippen LogP contribution in [0.2, 0.25) is 0 Å². The molecule has 0 saturated heterocycles. The Morgan fingerprint density at radius 3 is 1.54 bits per heavy atom. The normalized spacial score (nSPS) is 11.6. The third-order valence-electron chi connectivity index (χ3n) is 10.7. The van der Waals surface area contributed by atoms with Crippen LogP contribution < -0.4 is 0 Å². The van der Waals surface area contributed by atoms with E-state index in [1.165, 1.54) is 27.5 Å². The largest absolute Gasteiger partial charge is 0.456 e. The molecule has 0 aliphatic heterocycles. The Labute approximate surface area is 322 Å². The lowest BCUT2D eigenvalue weighted by Gasteiger charge is -2.11. The SMILES string of the molecule is c1ccc(-c2ccc(-c3cccc(-n4c5ccccc5c5ccc6oc7cc(-c8nc(-c9ccccc9)nc(-c9ccccc9)n8)ccc7c6c54)c3)cc2)cc1. The summed E-state index contributed by atoms with van der Waals surface area (Å²) >= 11 is 0. The van der Waals surface area contributed by atoms with Crippen molar-refractivity contribution in [2.24, 2.45) is 0 Å². The molecule has 0 bridgehead atoms. The molecule has 3 heterocycles. The number of rotatable bonds is 6. The van der Waals surface area contributed by atoms with Crippen LogP contribution >= 0.6 is 0 Å². The molecule has 0 aliphatic carbocycles. The predicted octanol–water partition coefficient (Wildman–Crippen LogP) is 13.2. The van der Waals surface area contributed by atoms with Crippen LogP contribution in [-0.2, 0) is 0 Å². The van der Waals surface area contributed by atoms with Crippen molar-refractivity contribution >= 4 is 43.7 Å². The van der Waals surface area contributed by atoms with Crippen LogP contribution in [0.1, 0.15) is 0 Å². The number of fused-ring (bicyclic) bond motifs is 7. The van der Waals surface area contributed by atoms with Crippen LogP contribution in [0.3, 0.4) is 0 Å². The number of para-hydroxylation sites is 1. The minimum atomic E-state index is 0.591. The number of nitrogens with zero attached hydrogens (tertiary/aromatic N) is 4. The minimum absolute atomic E-state index is 0.591. The second-order valence-corrected chi connectivity index (χ2v) is 14.0. The molecular formula is C51H32N4O. The van der Waals surface area contributed by atoms with Gasteiger partial charge in [-0.15, -0.1) is 0 Å². The molecular weight excluding hydrogens is 685 g/mol. The minimum Gasteiger partial charge on any atom is -0.456 e. The molecule has 0 aliphatic rings. The first kappa shape index (κ1) is 31.9. The summed E-state index contributed by atoms with van der Waals surface area (Å²) < 4.78 is 9.09. The van der Waals surface area contributed by atoms with Gasteiger partial charge in [-0.2, -0.15) is 0 Å². The summed E-state index contributed by atoms with van der Waals surface area (Å²) in [6.45, 7) is 0. The highest BCUT2D eigenvalue weighted by Crippen LogP contribution is 2.42. The lowest BCUT2D eigenvalue weighted by molar-refractivity contribution is 0.669. The molecule has 8 aromatic carbocycles. The van der Waals surface area contributed by atoms with Gasteiger partial charge in [-0.25, -0.2) is 15.0 Å². The monoisotopic (exact) mass is 716 g/mol. The molecule has 262 valence electrons. The zero-order chi connectivity index (χ0) is 37.0. The average Bonchev–Trinajstić information content (AvgIpc) is 3.83. The number of hydrogen-bond acceptors (Lipinski definition) is 4. The summed E-state index contributed by atoms with van der Waals surface area (Å²) in [5.74, 6) is 1.84. The number of hydrogen-bond donors (Lipinski definition) is 0. The van der Waals surface area contributed by atoms with Crippen LogP contribution in [-0.4, -0.2) is 19.5 Å². The molecule has 0 unspecified atom stereocenters. The molecule has 0 fully saturated rings. The fourth-order valence-electron chi connectivity index (χ4n) is 7.97. The standard InChI is InChI=1S/C51H32N4O/c1-4-13-33(14-5-1)34-23-25-35(26-24-34)38-19-12-20-40(31-38)55-44-22-11-10-21-41(44)42-29-30-45-47(48(42)55)43-28-27-39(32-46(43)56-45)51-53-49(36-15-6-2-7-16-36)52-50(54-51)37-17-8-3-9-18-37/h1-32H. The van der Waals surface area contributed by atoms with Gasteiger partial charge >= 0.3 is 0 Å². The summed E-state index contributed by atoms with van der Waals surface area (Å²) in [6, 6.07) is 67.5. The number of aromatic nitrogens is 4. The highest BCUT2D eigenvalue weighted by Gasteiger charge is 2.20. The van der Waals surface area contributed by atoms with E-state index in [1.807, 2.05) is 60.7 Å². The van der Waals surface area contributed by atoms with Gasteiger partial charge in [0, 0.05) is 38.5 Å². The molecule has 0 amide bonds. The van der Waals surface area contributed by atoms with Crippen molar-refractivity contribution in [3.63, 3.8) is 0 Å². The van der Waals surface area contributed by atoms with E-state index in [-0.39, 0.29) is 0 Å². The molecule has 5 nitrogen and oxygen atoms in total. The highest BCUT2D eigenvalue weighted by molar-refractivity contribution is 6.24. The third-order valence-corrected chi connectivity index (χ3v) is 10.7. The lowest BCUT2D eigenvalue weighted by Crippen LogP contribution is -2.00. The zero-order valence-electron chi connectivity index (χ0n) is 30.2. The molecule has 5 heteroatoms. The number of benzene rings is 8. The van der Waals surface area contributed by atoms with Crippen LogP contribution in [0.4, 0.5) is 0 Å². The maximum absolute atomic E-state index is 6.70. The van der Waals surface area contributed by atoms with Crippen LogP contribution in [0.5, 0.6) is 0 Å². The van der Waals surface area contributed by atoms with Gasteiger partial charge < -0.3 is 8.98 Å². The first-order chi connectivity index (χ1) is 27.7. The Hall–Kier alpha value is -7.63. The molecule has 56 heavy (non-hydrogen) atoms. The summed E-state index contributed by atoms with van der Waals surface area (Å²) in [7, 11) is 0. The second kappa shape index (κ2) is 13.0. The maximum atomic E-state index is 6.70. The summed E-state index contributed by atoms with van der Waals surface area (Å²) in [4.78, 5) is 14.8. The van der Waals surface area contributed by atoms with Crippen molar-refractivity contribution in [2.45, 2.75) is 0 Å². The van der Waals surface area contributed by atoms with Gasteiger partial charge in [-0.05, 0) is 64.7 Å². The Bertz CT molecular complexity index is 3160. The van der Waals surface area contributed by atoms with Crippen molar-refractivity contribution in [3.05, 3.63) is 194 Å². The van der Waals surface area contributed by atoms with Crippen LogP contribution in [0.25, 0.3) is 106 Å². The van der Waals surface area contributed by atoms with Crippen LogP contribution in [0, 0.1) is 0 Å². The molecule has 0 saturated carbocycles. The van der Waals surface area contributed by atoms with Gasteiger partial charge in [0.25, 0.3) is 0 Å². The fraction of sp³-hybridized carbons (Fsp3) is 0. The van der Waals surface area contributed by atoms with Crippen molar-refractivity contribution < 1.29 is 4.42 Å². The van der Waals surface area contributed by atoms with Gasteiger partial charge in [0.15, 0.2) is 17.5 Å². The van der Waals surface area contributed by atoms with Crippen molar-refractivity contribution in [1.82, 2.24) is 19.5 Å². The third kappa shape index (κ3) is 5.37.